The van der Waals surface area contributed by atoms with E-state index in [0.29, 0.717) is 36.6 Å². The van der Waals surface area contributed by atoms with Crippen molar-refractivity contribution in [3.8, 4) is 17.1 Å². The van der Waals surface area contributed by atoms with Crippen molar-refractivity contribution in [3.05, 3.63) is 95.0 Å². The first-order chi connectivity index (χ1) is 19.4. The zero-order chi connectivity index (χ0) is 28.1. The highest BCUT2D eigenvalue weighted by Crippen LogP contribution is 2.30. The van der Waals surface area contributed by atoms with E-state index in [0.717, 1.165) is 40.0 Å². The summed E-state index contributed by atoms with van der Waals surface area (Å²) in [6, 6.07) is 25.3. The average molecular weight is 574 g/mol. The van der Waals surface area contributed by atoms with Crippen LogP contribution >= 0.6 is 23.4 Å². The number of hydrogen-bond donors (Lipinski definition) is 0. The molecule has 1 atom stereocenters. The summed E-state index contributed by atoms with van der Waals surface area (Å²) in [7, 11) is 0. The van der Waals surface area contributed by atoms with Crippen molar-refractivity contribution >= 4 is 35.2 Å². The van der Waals surface area contributed by atoms with Gasteiger partial charge in [0.25, 0.3) is 5.91 Å². The molecule has 0 aliphatic carbocycles. The summed E-state index contributed by atoms with van der Waals surface area (Å²) in [5.41, 5.74) is 3.68. The number of carbonyl (C=O) groups is 2. The van der Waals surface area contributed by atoms with Crippen molar-refractivity contribution in [2.75, 3.05) is 25.4 Å². The van der Waals surface area contributed by atoms with Gasteiger partial charge in [-0.2, -0.15) is 0 Å². The second-order valence-electron chi connectivity index (χ2n) is 9.91. The molecule has 0 bridgehead atoms. The predicted molar refractivity (Wildman–Crippen MR) is 160 cm³/mol. The summed E-state index contributed by atoms with van der Waals surface area (Å²) in [4.78, 5) is 29.7. The van der Waals surface area contributed by atoms with Gasteiger partial charge in [-0.1, -0.05) is 84.0 Å². The third-order valence-electron chi connectivity index (χ3n) is 7.13. The number of halogens is 1. The molecule has 3 aromatic carbocycles. The van der Waals surface area contributed by atoms with Crippen molar-refractivity contribution in [2.24, 2.45) is 0 Å². The standard InChI is InChI=1S/C31H32ClN5O2S/c1-22-11-6-9-16-27(22)37-29(24-12-4-3-5-13-24)33-34-31(37)40-20-10-17-28(38)35-18-19-36(23(2)21-35)30(39)25-14-7-8-15-26(25)32/h3-9,11-16,23H,10,17-21H2,1-2H3. The van der Waals surface area contributed by atoms with Crippen LogP contribution < -0.4 is 0 Å². The summed E-state index contributed by atoms with van der Waals surface area (Å²) in [5.74, 6) is 1.56. The van der Waals surface area contributed by atoms with E-state index in [4.69, 9.17) is 11.6 Å². The van der Waals surface area contributed by atoms with E-state index in [1.807, 2.05) is 71.3 Å². The molecule has 7 nitrogen and oxygen atoms in total. The monoisotopic (exact) mass is 573 g/mol. The number of hydrogen-bond acceptors (Lipinski definition) is 5. The Kier molecular flexibility index (Phi) is 8.87. The Hall–Kier alpha value is -3.62. The van der Waals surface area contributed by atoms with Crippen LogP contribution in [0.2, 0.25) is 5.02 Å². The van der Waals surface area contributed by atoms with Gasteiger partial charge in [0.15, 0.2) is 11.0 Å². The molecule has 206 valence electrons. The van der Waals surface area contributed by atoms with Gasteiger partial charge in [-0.15, -0.1) is 10.2 Å². The molecule has 0 spiro atoms. The van der Waals surface area contributed by atoms with Crippen LogP contribution in [0.1, 0.15) is 35.7 Å². The lowest BCUT2D eigenvalue weighted by Gasteiger charge is -2.40. The third kappa shape index (κ3) is 6.08. The summed E-state index contributed by atoms with van der Waals surface area (Å²) in [6.07, 6.45) is 1.17. The molecule has 0 radical (unpaired) electrons. The summed E-state index contributed by atoms with van der Waals surface area (Å²) >= 11 is 7.85. The maximum atomic E-state index is 13.0. The predicted octanol–water partition coefficient (Wildman–Crippen LogP) is 6.14. The minimum absolute atomic E-state index is 0.0834. The van der Waals surface area contributed by atoms with Crippen LogP contribution in [0.3, 0.4) is 0 Å². The topological polar surface area (TPSA) is 71.3 Å². The molecule has 2 amide bonds. The smallest absolute Gasteiger partial charge is 0.255 e. The first-order valence-electron chi connectivity index (χ1n) is 13.5. The molecule has 5 rings (SSSR count). The number of aryl methyl sites for hydroxylation is 1. The van der Waals surface area contributed by atoms with Crippen LogP contribution in [0.4, 0.5) is 0 Å². The van der Waals surface area contributed by atoms with E-state index >= 15 is 0 Å². The minimum Gasteiger partial charge on any atom is -0.339 e. The van der Waals surface area contributed by atoms with E-state index in [2.05, 4.69) is 33.8 Å². The van der Waals surface area contributed by atoms with Gasteiger partial charge in [-0.05, 0) is 44.0 Å². The van der Waals surface area contributed by atoms with Gasteiger partial charge in [0, 0.05) is 43.4 Å². The lowest BCUT2D eigenvalue weighted by molar-refractivity contribution is -0.133. The second-order valence-corrected chi connectivity index (χ2v) is 11.4. The lowest BCUT2D eigenvalue weighted by Crippen LogP contribution is -2.55. The molecule has 1 aliphatic rings. The molecule has 1 saturated heterocycles. The zero-order valence-corrected chi connectivity index (χ0v) is 24.2. The molecular weight excluding hydrogens is 542 g/mol. The number of amides is 2. The molecule has 9 heteroatoms. The molecule has 2 heterocycles. The lowest BCUT2D eigenvalue weighted by atomic mass is 10.1. The second kappa shape index (κ2) is 12.7. The number of carbonyl (C=O) groups excluding carboxylic acids is 2. The molecule has 0 saturated carbocycles. The first-order valence-corrected chi connectivity index (χ1v) is 14.8. The fourth-order valence-electron chi connectivity index (χ4n) is 4.99. The third-order valence-corrected chi connectivity index (χ3v) is 8.48. The van der Waals surface area contributed by atoms with Gasteiger partial charge >= 0.3 is 0 Å². The van der Waals surface area contributed by atoms with E-state index < -0.39 is 0 Å². The largest absolute Gasteiger partial charge is 0.339 e. The molecule has 1 aliphatic heterocycles. The van der Waals surface area contributed by atoms with Gasteiger partial charge in [-0.3, -0.25) is 14.2 Å². The number of thioether (sulfide) groups is 1. The van der Waals surface area contributed by atoms with Crippen LogP contribution in [0.5, 0.6) is 0 Å². The van der Waals surface area contributed by atoms with Crippen LogP contribution in [-0.4, -0.2) is 67.8 Å². The van der Waals surface area contributed by atoms with Crippen LogP contribution in [0.25, 0.3) is 17.1 Å². The maximum Gasteiger partial charge on any atom is 0.255 e. The number of nitrogens with zero attached hydrogens (tertiary/aromatic N) is 5. The fraction of sp³-hybridized carbons (Fsp3) is 0.290. The molecular formula is C31H32ClN5O2S. The first kappa shape index (κ1) is 27.9. The molecule has 1 unspecified atom stereocenters. The minimum atomic E-state index is -0.0887. The quantitative estimate of drug-likeness (QED) is 0.187. The highest BCUT2D eigenvalue weighted by molar-refractivity contribution is 7.99. The summed E-state index contributed by atoms with van der Waals surface area (Å²) in [5, 5.41) is 10.3. The van der Waals surface area contributed by atoms with Crippen molar-refractivity contribution in [3.63, 3.8) is 0 Å². The van der Waals surface area contributed by atoms with Crippen LogP contribution in [-0.2, 0) is 4.79 Å². The molecule has 40 heavy (non-hydrogen) atoms. The van der Waals surface area contributed by atoms with Crippen molar-refractivity contribution < 1.29 is 9.59 Å². The highest BCUT2D eigenvalue weighted by atomic mass is 35.5. The number of para-hydroxylation sites is 1. The van der Waals surface area contributed by atoms with Gasteiger partial charge < -0.3 is 9.80 Å². The van der Waals surface area contributed by atoms with E-state index in [-0.39, 0.29) is 17.9 Å². The van der Waals surface area contributed by atoms with Crippen LogP contribution in [0.15, 0.2) is 84.0 Å². The van der Waals surface area contributed by atoms with Crippen molar-refractivity contribution in [2.45, 2.75) is 37.9 Å². The van der Waals surface area contributed by atoms with Crippen molar-refractivity contribution in [1.82, 2.24) is 24.6 Å². The Morgan fingerprint density at radius 1 is 0.950 bits per heavy atom. The highest BCUT2D eigenvalue weighted by Gasteiger charge is 2.30. The number of rotatable bonds is 8. The van der Waals surface area contributed by atoms with Gasteiger partial charge in [0.05, 0.1) is 16.3 Å². The van der Waals surface area contributed by atoms with Crippen LogP contribution in [0, 0.1) is 6.92 Å². The summed E-state index contributed by atoms with van der Waals surface area (Å²) < 4.78 is 2.11. The SMILES string of the molecule is Cc1ccccc1-n1c(SCCCC(=O)N2CCN(C(=O)c3ccccc3Cl)C(C)C2)nnc1-c1ccccc1. The molecule has 0 N–H and O–H groups in total. The normalized spacial score (nSPS) is 15.3. The molecule has 1 aromatic heterocycles. The Morgan fingerprint density at radius 3 is 2.42 bits per heavy atom. The van der Waals surface area contributed by atoms with E-state index in [1.54, 1.807) is 23.9 Å². The number of aromatic nitrogens is 3. The Bertz CT molecular complexity index is 1490. The van der Waals surface area contributed by atoms with E-state index in [1.165, 1.54) is 0 Å². The molecule has 1 fully saturated rings. The van der Waals surface area contributed by atoms with Gasteiger partial charge in [0.2, 0.25) is 5.91 Å². The van der Waals surface area contributed by atoms with Gasteiger partial charge in [-0.25, -0.2) is 0 Å². The van der Waals surface area contributed by atoms with Gasteiger partial charge in [0.1, 0.15) is 0 Å². The van der Waals surface area contributed by atoms with E-state index in [9.17, 15) is 9.59 Å². The zero-order valence-electron chi connectivity index (χ0n) is 22.7. The Morgan fingerprint density at radius 2 is 1.68 bits per heavy atom. The Balaban J connectivity index is 1.18. The fourth-order valence-corrected chi connectivity index (χ4v) is 6.09. The summed E-state index contributed by atoms with van der Waals surface area (Å²) in [6.45, 7) is 5.60. The number of benzene rings is 3. The maximum absolute atomic E-state index is 13.0. The average Bonchev–Trinajstić information content (AvgIpc) is 3.39. The Labute approximate surface area is 244 Å². The number of piperazine rings is 1. The molecule has 4 aromatic rings. The van der Waals surface area contributed by atoms with Crippen molar-refractivity contribution in [1.29, 1.82) is 0 Å².